The normalized spacial score (nSPS) is 16.2. The Morgan fingerprint density at radius 3 is 2.65 bits per heavy atom. The van der Waals surface area contributed by atoms with Crippen LogP contribution in [0.1, 0.15) is 11.1 Å². The summed E-state index contributed by atoms with van der Waals surface area (Å²) in [5.74, 6) is -0.233. The fourth-order valence-electron chi connectivity index (χ4n) is 2.46. The number of rotatable bonds is 2. The molecule has 3 rings (SSSR count). The Balaban J connectivity index is 1.89. The van der Waals surface area contributed by atoms with Gasteiger partial charge in [0.15, 0.2) is 0 Å². The monoisotopic (exact) mass is 320 g/mol. The third kappa shape index (κ3) is 3.18. The maximum absolute atomic E-state index is 12.6. The van der Waals surface area contributed by atoms with Crippen LogP contribution in [0.5, 0.6) is 0 Å². The molecule has 0 N–H and O–H groups in total. The number of anilines is 1. The third-order valence-electron chi connectivity index (χ3n) is 3.59. The van der Waals surface area contributed by atoms with Gasteiger partial charge in [-0.3, -0.25) is 9.69 Å². The molecule has 0 radical (unpaired) electrons. The Morgan fingerprint density at radius 2 is 1.91 bits per heavy atom. The van der Waals surface area contributed by atoms with Crippen molar-refractivity contribution < 1.29 is 4.79 Å². The molecule has 1 amide bonds. The van der Waals surface area contributed by atoms with Crippen molar-refractivity contribution in [1.82, 2.24) is 0 Å². The second kappa shape index (κ2) is 6.51. The molecule has 1 atom stereocenters. The summed E-state index contributed by atoms with van der Waals surface area (Å²) >= 11 is 5.85. The maximum atomic E-state index is 12.6. The number of nitrogens with zero attached hydrogens (tertiary/aromatic N) is 2. The number of carbonyl (C=O) groups excluding carboxylic acids is 1. The molecule has 0 aromatic heterocycles. The lowest BCUT2D eigenvalue weighted by atomic mass is 10.0. The summed E-state index contributed by atoms with van der Waals surface area (Å²) in [5.41, 5.74) is 2.54. The van der Waals surface area contributed by atoms with Crippen LogP contribution in [0.15, 0.2) is 60.7 Å². The molecule has 2 aromatic carbocycles. The van der Waals surface area contributed by atoms with Crippen molar-refractivity contribution in [2.75, 3.05) is 4.90 Å². The van der Waals surface area contributed by atoms with E-state index in [-0.39, 0.29) is 5.91 Å². The Morgan fingerprint density at radius 1 is 1.17 bits per heavy atom. The van der Waals surface area contributed by atoms with E-state index in [9.17, 15) is 10.1 Å². The number of halogens is 1. The smallest absolute Gasteiger partial charge is 0.252 e. The summed E-state index contributed by atoms with van der Waals surface area (Å²) < 4.78 is 0. The number of carbonyl (C=O) groups is 1. The van der Waals surface area contributed by atoms with Gasteiger partial charge in [0.25, 0.3) is 5.91 Å². The van der Waals surface area contributed by atoms with E-state index in [1.165, 1.54) is 11.0 Å². The van der Waals surface area contributed by atoms with Crippen LogP contribution in [0.2, 0.25) is 5.02 Å². The molecule has 4 heteroatoms. The lowest BCUT2D eigenvalue weighted by Crippen LogP contribution is -2.39. The second-order valence-electron chi connectivity index (χ2n) is 5.08. The van der Waals surface area contributed by atoms with Crippen LogP contribution in [0, 0.1) is 11.3 Å². The molecule has 1 heterocycles. The van der Waals surface area contributed by atoms with Crippen molar-refractivity contribution in [2.24, 2.45) is 0 Å². The summed E-state index contributed by atoms with van der Waals surface area (Å²) in [6, 6.07) is 16.3. The predicted octanol–water partition coefficient (Wildman–Crippen LogP) is 4.31. The van der Waals surface area contributed by atoms with E-state index in [4.69, 9.17) is 11.6 Å². The quantitative estimate of drug-likeness (QED) is 0.774. The summed E-state index contributed by atoms with van der Waals surface area (Å²) in [4.78, 5) is 14.1. The van der Waals surface area contributed by atoms with E-state index in [2.05, 4.69) is 6.07 Å². The van der Waals surface area contributed by atoms with Crippen molar-refractivity contribution in [3.63, 3.8) is 0 Å². The second-order valence-corrected chi connectivity index (χ2v) is 5.52. The zero-order chi connectivity index (χ0) is 16.2. The van der Waals surface area contributed by atoms with Gasteiger partial charge < -0.3 is 0 Å². The molecule has 23 heavy (non-hydrogen) atoms. The van der Waals surface area contributed by atoms with Crippen LogP contribution in [0.3, 0.4) is 0 Å². The first-order valence-corrected chi connectivity index (χ1v) is 7.50. The minimum Gasteiger partial charge on any atom is -0.288 e. The first-order chi connectivity index (χ1) is 11.2. The fourth-order valence-corrected chi connectivity index (χ4v) is 2.58. The average molecular weight is 321 g/mol. The van der Waals surface area contributed by atoms with Crippen LogP contribution in [-0.4, -0.2) is 11.9 Å². The van der Waals surface area contributed by atoms with Gasteiger partial charge in [-0.2, -0.15) is 5.26 Å². The molecule has 0 fully saturated rings. The van der Waals surface area contributed by atoms with E-state index in [1.54, 1.807) is 24.3 Å². The Hall–Kier alpha value is -2.83. The number of amides is 1. The molecular formula is C19H13ClN2O. The minimum atomic E-state index is -0.604. The van der Waals surface area contributed by atoms with Crippen LogP contribution in [-0.2, 0) is 4.79 Å². The van der Waals surface area contributed by atoms with Gasteiger partial charge in [-0.05, 0) is 41.5 Å². The molecule has 1 aliphatic rings. The zero-order valence-electron chi connectivity index (χ0n) is 12.2. The molecule has 1 unspecified atom stereocenters. The Kier molecular flexibility index (Phi) is 4.27. The molecule has 2 aromatic rings. The largest absolute Gasteiger partial charge is 0.288 e. The van der Waals surface area contributed by atoms with E-state index in [0.29, 0.717) is 5.02 Å². The van der Waals surface area contributed by atoms with Gasteiger partial charge in [-0.1, -0.05) is 48.0 Å². The van der Waals surface area contributed by atoms with Crippen LogP contribution in [0.25, 0.3) is 12.2 Å². The fraction of sp³-hybridized carbons (Fsp3) is 0.0526. The van der Waals surface area contributed by atoms with Crippen molar-refractivity contribution in [3.8, 4) is 6.07 Å². The SMILES string of the molecule is N#CC1C=Cc2ccccc2N1C(=O)C=Cc1ccc(Cl)cc1. The topological polar surface area (TPSA) is 44.1 Å². The minimum absolute atomic E-state index is 0.233. The van der Waals surface area contributed by atoms with Crippen molar-refractivity contribution in [2.45, 2.75) is 6.04 Å². The van der Waals surface area contributed by atoms with Crippen LogP contribution in [0.4, 0.5) is 5.69 Å². The zero-order valence-corrected chi connectivity index (χ0v) is 12.9. The highest BCUT2D eigenvalue weighted by molar-refractivity contribution is 6.30. The van der Waals surface area contributed by atoms with Crippen LogP contribution < -0.4 is 4.90 Å². The predicted molar refractivity (Wildman–Crippen MR) is 92.8 cm³/mol. The Bertz CT molecular complexity index is 831. The van der Waals surface area contributed by atoms with Gasteiger partial charge in [0.2, 0.25) is 0 Å². The average Bonchev–Trinajstić information content (AvgIpc) is 2.60. The van der Waals surface area contributed by atoms with E-state index >= 15 is 0 Å². The number of hydrogen-bond acceptors (Lipinski definition) is 2. The molecule has 1 aliphatic heterocycles. The van der Waals surface area contributed by atoms with Gasteiger partial charge >= 0.3 is 0 Å². The molecule has 3 nitrogen and oxygen atoms in total. The lowest BCUT2D eigenvalue weighted by Gasteiger charge is -2.29. The Labute approximate surface area is 139 Å². The van der Waals surface area contributed by atoms with Crippen molar-refractivity contribution in [3.05, 3.63) is 76.8 Å². The van der Waals surface area contributed by atoms with E-state index in [1.807, 2.05) is 42.5 Å². The molecule has 0 saturated carbocycles. The number of nitriles is 1. The molecular weight excluding hydrogens is 308 g/mol. The standard InChI is InChI=1S/C19H13ClN2O/c20-16-9-5-14(6-10-16)7-12-19(23)22-17(13-21)11-8-15-3-1-2-4-18(15)22/h1-12,17H. The van der Waals surface area contributed by atoms with Crippen LogP contribution >= 0.6 is 11.6 Å². The molecule has 0 spiro atoms. The number of benzene rings is 2. The van der Waals surface area contributed by atoms with Crippen molar-refractivity contribution >= 4 is 35.3 Å². The summed E-state index contributed by atoms with van der Waals surface area (Å²) in [5, 5.41) is 9.96. The van der Waals surface area contributed by atoms with E-state index < -0.39 is 6.04 Å². The molecule has 0 aliphatic carbocycles. The molecule has 0 saturated heterocycles. The third-order valence-corrected chi connectivity index (χ3v) is 3.84. The van der Waals surface area contributed by atoms with Gasteiger partial charge in [-0.15, -0.1) is 0 Å². The molecule has 112 valence electrons. The van der Waals surface area contributed by atoms with Gasteiger partial charge in [0.1, 0.15) is 6.04 Å². The van der Waals surface area contributed by atoms with Gasteiger partial charge in [0, 0.05) is 11.1 Å². The lowest BCUT2D eigenvalue weighted by molar-refractivity contribution is -0.114. The number of hydrogen-bond donors (Lipinski definition) is 0. The summed E-state index contributed by atoms with van der Waals surface area (Å²) in [6.45, 7) is 0. The first kappa shape index (κ1) is 15.1. The highest BCUT2D eigenvalue weighted by atomic mass is 35.5. The van der Waals surface area contributed by atoms with Gasteiger partial charge in [0.05, 0.1) is 11.8 Å². The summed E-state index contributed by atoms with van der Waals surface area (Å²) in [7, 11) is 0. The van der Waals surface area contributed by atoms with E-state index in [0.717, 1.165) is 16.8 Å². The first-order valence-electron chi connectivity index (χ1n) is 7.13. The molecule has 0 bridgehead atoms. The maximum Gasteiger partial charge on any atom is 0.252 e. The summed E-state index contributed by atoms with van der Waals surface area (Å²) in [6.07, 6.45) is 6.80. The highest BCUT2D eigenvalue weighted by Crippen LogP contribution is 2.29. The van der Waals surface area contributed by atoms with Crippen molar-refractivity contribution in [1.29, 1.82) is 5.26 Å². The van der Waals surface area contributed by atoms with Gasteiger partial charge in [-0.25, -0.2) is 0 Å². The highest BCUT2D eigenvalue weighted by Gasteiger charge is 2.26. The number of fused-ring (bicyclic) bond motifs is 1. The number of para-hydroxylation sites is 1.